The van der Waals surface area contributed by atoms with Gasteiger partial charge in [0.05, 0.1) is 6.10 Å². The average Bonchev–Trinajstić information content (AvgIpc) is 2.14. The molecule has 0 heterocycles. The first-order valence-corrected chi connectivity index (χ1v) is 5.32. The normalized spacial score (nSPS) is 14.5. The number of aliphatic hydroxyl groups excluding tert-OH is 1. The summed E-state index contributed by atoms with van der Waals surface area (Å²) in [4.78, 5) is 0. The molecule has 15 heavy (non-hydrogen) atoms. The van der Waals surface area contributed by atoms with Crippen molar-refractivity contribution < 1.29 is 5.11 Å². The standard InChI is InChI=1S/C14H20O/c1-11-5-7-12(8-6-11)13(15)9-10-14(2,3)4/h5-10,13,15H,1-4H3/b10-9+. The lowest BCUT2D eigenvalue weighted by Gasteiger charge is -2.13. The highest BCUT2D eigenvalue weighted by molar-refractivity contribution is 5.25. The topological polar surface area (TPSA) is 20.2 Å². The van der Waals surface area contributed by atoms with E-state index >= 15 is 0 Å². The minimum Gasteiger partial charge on any atom is -0.384 e. The highest BCUT2D eigenvalue weighted by atomic mass is 16.3. The average molecular weight is 204 g/mol. The minimum atomic E-state index is -0.496. The molecule has 1 atom stereocenters. The first kappa shape index (κ1) is 12.0. The van der Waals surface area contributed by atoms with E-state index in [2.05, 4.69) is 20.8 Å². The van der Waals surface area contributed by atoms with Gasteiger partial charge in [-0.2, -0.15) is 0 Å². The molecule has 0 radical (unpaired) electrons. The number of benzene rings is 1. The fourth-order valence-electron chi connectivity index (χ4n) is 1.25. The maximum absolute atomic E-state index is 9.89. The number of hydrogen-bond acceptors (Lipinski definition) is 1. The molecule has 0 aromatic heterocycles. The van der Waals surface area contributed by atoms with Crippen LogP contribution >= 0.6 is 0 Å². The molecule has 0 aliphatic carbocycles. The molecule has 0 saturated heterocycles. The van der Waals surface area contributed by atoms with Gasteiger partial charge in [0.15, 0.2) is 0 Å². The molecule has 82 valence electrons. The van der Waals surface area contributed by atoms with Gasteiger partial charge in [-0.15, -0.1) is 0 Å². The van der Waals surface area contributed by atoms with Gasteiger partial charge in [-0.3, -0.25) is 0 Å². The lowest BCUT2D eigenvalue weighted by molar-refractivity contribution is 0.227. The van der Waals surface area contributed by atoms with Crippen molar-refractivity contribution in [1.82, 2.24) is 0 Å². The second-order valence-corrected chi connectivity index (χ2v) is 5.08. The summed E-state index contributed by atoms with van der Waals surface area (Å²) in [5.74, 6) is 0. The highest BCUT2D eigenvalue weighted by Gasteiger charge is 2.07. The second-order valence-electron chi connectivity index (χ2n) is 5.08. The summed E-state index contributed by atoms with van der Waals surface area (Å²) in [7, 11) is 0. The van der Waals surface area contributed by atoms with E-state index in [9.17, 15) is 5.11 Å². The summed E-state index contributed by atoms with van der Waals surface area (Å²) in [5.41, 5.74) is 2.28. The third kappa shape index (κ3) is 4.30. The van der Waals surface area contributed by atoms with Gasteiger partial charge in [0.2, 0.25) is 0 Å². The number of allylic oxidation sites excluding steroid dienone is 1. The molecule has 0 amide bonds. The zero-order valence-corrected chi connectivity index (χ0v) is 9.99. The third-order valence-electron chi connectivity index (χ3n) is 2.20. The lowest BCUT2D eigenvalue weighted by Crippen LogP contribution is -2.01. The smallest absolute Gasteiger partial charge is 0.0972 e. The van der Waals surface area contributed by atoms with Crippen molar-refractivity contribution >= 4 is 0 Å². The van der Waals surface area contributed by atoms with E-state index in [0.717, 1.165) is 5.56 Å². The molecule has 1 aromatic carbocycles. The van der Waals surface area contributed by atoms with Crippen molar-refractivity contribution in [1.29, 1.82) is 0 Å². The van der Waals surface area contributed by atoms with Gasteiger partial charge in [-0.1, -0.05) is 62.8 Å². The molecular formula is C14H20O. The van der Waals surface area contributed by atoms with Crippen LogP contribution in [0.2, 0.25) is 0 Å². The first-order chi connectivity index (χ1) is 6.88. The number of aryl methyl sites for hydroxylation is 1. The lowest BCUT2D eigenvalue weighted by atomic mass is 9.95. The van der Waals surface area contributed by atoms with Crippen molar-refractivity contribution in [2.24, 2.45) is 5.41 Å². The monoisotopic (exact) mass is 204 g/mol. The van der Waals surface area contributed by atoms with Gasteiger partial charge in [0.1, 0.15) is 0 Å². The number of aliphatic hydroxyl groups is 1. The predicted molar refractivity (Wildman–Crippen MR) is 64.7 cm³/mol. The Balaban J connectivity index is 2.73. The fraction of sp³-hybridized carbons (Fsp3) is 0.429. The Hall–Kier alpha value is -1.08. The first-order valence-electron chi connectivity index (χ1n) is 5.32. The molecule has 1 heteroatoms. The molecule has 1 N–H and O–H groups in total. The van der Waals surface area contributed by atoms with E-state index in [4.69, 9.17) is 0 Å². The van der Waals surface area contributed by atoms with Crippen molar-refractivity contribution in [2.45, 2.75) is 33.8 Å². The van der Waals surface area contributed by atoms with E-state index < -0.39 is 6.10 Å². The molecule has 0 spiro atoms. The van der Waals surface area contributed by atoms with Crippen LogP contribution in [0.4, 0.5) is 0 Å². The molecule has 0 aliphatic heterocycles. The van der Waals surface area contributed by atoms with E-state index in [1.165, 1.54) is 5.56 Å². The van der Waals surface area contributed by atoms with Crippen LogP contribution < -0.4 is 0 Å². The van der Waals surface area contributed by atoms with Crippen molar-refractivity contribution in [3.8, 4) is 0 Å². The molecule has 0 bridgehead atoms. The predicted octanol–water partition coefficient (Wildman–Crippen LogP) is 3.63. The molecule has 1 nitrogen and oxygen atoms in total. The summed E-state index contributed by atoms with van der Waals surface area (Å²) in [6.45, 7) is 8.39. The van der Waals surface area contributed by atoms with Crippen LogP contribution in [0, 0.1) is 12.3 Å². The Bertz CT molecular complexity index is 327. The molecule has 1 aromatic rings. The van der Waals surface area contributed by atoms with Gasteiger partial charge < -0.3 is 5.11 Å². The van der Waals surface area contributed by atoms with Gasteiger partial charge in [-0.05, 0) is 17.9 Å². The largest absolute Gasteiger partial charge is 0.384 e. The van der Waals surface area contributed by atoms with E-state index in [1.54, 1.807) is 0 Å². The Morgan fingerprint density at radius 3 is 2.13 bits per heavy atom. The van der Waals surface area contributed by atoms with Crippen LogP contribution in [-0.2, 0) is 0 Å². The number of rotatable bonds is 2. The summed E-state index contributed by atoms with van der Waals surface area (Å²) in [5, 5.41) is 9.89. The zero-order valence-electron chi connectivity index (χ0n) is 9.99. The highest BCUT2D eigenvalue weighted by Crippen LogP contribution is 2.20. The summed E-state index contributed by atoms with van der Waals surface area (Å²) >= 11 is 0. The third-order valence-corrected chi connectivity index (χ3v) is 2.20. The van der Waals surface area contributed by atoms with E-state index in [1.807, 2.05) is 43.3 Å². The molecule has 1 unspecified atom stereocenters. The fourth-order valence-corrected chi connectivity index (χ4v) is 1.25. The SMILES string of the molecule is Cc1ccc(C(O)/C=C/C(C)(C)C)cc1. The molecule has 0 aliphatic rings. The van der Waals surface area contributed by atoms with Crippen LogP contribution in [0.15, 0.2) is 36.4 Å². The van der Waals surface area contributed by atoms with Crippen molar-refractivity contribution in [3.63, 3.8) is 0 Å². The van der Waals surface area contributed by atoms with Gasteiger partial charge in [0, 0.05) is 0 Å². The summed E-state index contributed by atoms with van der Waals surface area (Å²) in [6, 6.07) is 7.97. The molecule has 0 fully saturated rings. The Labute approximate surface area is 92.5 Å². The maximum atomic E-state index is 9.89. The summed E-state index contributed by atoms with van der Waals surface area (Å²) in [6.07, 6.45) is 3.40. The van der Waals surface area contributed by atoms with Crippen molar-refractivity contribution in [3.05, 3.63) is 47.5 Å². The van der Waals surface area contributed by atoms with E-state index in [0.29, 0.717) is 0 Å². The Morgan fingerprint density at radius 1 is 1.13 bits per heavy atom. The van der Waals surface area contributed by atoms with Crippen LogP contribution in [-0.4, -0.2) is 5.11 Å². The van der Waals surface area contributed by atoms with Gasteiger partial charge in [0.25, 0.3) is 0 Å². The molecule has 0 saturated carbocycles. The Morgan fingerprint density at radius 2 is 1.67 bits per heavy atom. The van der Waals surface area contributed by atoms with Crippen LogP contribution in [0.3, 0.4) is 0 Å². The van der Waals surface area contributed by atoms with Crippen LogP contribution in [0.1, 0.15) is 38.0 Å². The quantitative estimate of drug-likeness (QED) is 0.729. The van der Waals surface area contributed by atoms with E-state index in [-0.39, 0.29) is 5.41 Å². The number of hydrogen-bond donors (Lipinski definition) is 1. The zero-order chi connectivity index (χ0) is 11.5. The molecular weight excluding hydrogens is 184 g/mol. The maximum Gasteiger partial charge on any atom is 0.0972 e. The summed E-state index contributed by atoms with van der Waals surface area (Å²) < 4.78 is 0. The van der Waals surface area contributed by atoms with Crippen LogP contribution in [0.25, 0.3) is 0 Å². The Kier molecular flexibility index (Phi) is 3.70. The minimum absolute atomic E-state index is 0.117. The van der Waals surface area contributed by atoms with Crippen LogP contribution in [0.5, 0.6) is 0 Å². The van der Waals surface area contributed by atoms with Gasteiger partial charge >= 0.3 is 0 Å². The van der Waals surface area contributed by atoms with Gasteiger partial charge in [-0.25, -0.2) is 0 Å². The molecule has 1 rings (SSSR count). The van der Waals surface area contributed by atoms with Crippen molar-refractivity contribution in [2.75, 3.05) is 0 Å². The second kappa shape index (κ2) is 4.63.